The van der Waals surface area contributed by atoms with E-state index in [2.05, 4.69) is 50.4 Å². The predicted octanol–water partition coefficient (Wildman–Crippen LogP) is 3.95. The van der Waals surface area contributed by atoms with Crippen LogP contribution < -0.4 is 10.2 Å². The second-order valence-electron chi connectivity index (χ2n) is 6.02. The molecule has 0 bridgehead atoms. The summed E-state index contributed by atoms with van der Waals surface area (Å²) >= 11 is 3.59. The van der Waals surface area contributed by atoms with Crippen molar-refractivity contribution in [3.05, 3.63) is 28.7 Å². The zero-order chi connectivity index (χ0) is 13.1. The third-order valence-electron chi connectivity index (χ3n) is 4.58. The smallest absolute Gasteiger partial charge is 0.0378 e. The highest BCUT2D eigenvalue weighted by molar-refractivity contribution is 9.10. The molecule has 2 nitrogen and oxygen atoms in total. The summed E-state index contributed by atoms with van der Waals surface area (Å²) in [5, 5.41) is 3.86. The summed E-state index contributed by atoms with van der Waals surface area (Å²) < 4.78 is 1.18. The second-order valence-corrected chi connectivity index (χ2v) is 6.94. The summed E-state index contributed by atoms with van der Waals surface area (Å²) in [6.07, 6.45) is 8.13. The van der Waals surface area contributed by atoms with Crippen LogP contribution >= 0.6 is 15.9 Å². The van der Waals surface area contributed by atoms with Gasteiger partial charge in [0, 0.05) is 28.8 Å². The molecule has 1 aromatic rings. The highest BCUT2D eigenvalue weighted by Gasteiger charge is 2.34. The summed E-state index contributed by atoms with van der Waals surface area (Å²) in [5.74, 6) is 0. The normalized spacial score (nSPS) is 23.3. The maximum atomic E-state index is 3.86. The number of hydrogen-bond acceptors (Lipinski definition) is 2. The van der Waals surface area contributed by atoms with Crippen LogP contribution in [0.2, 0.25) is 0 Å². The summed E-state index contributed by atoms with van der Waals surface area (Å²) in [4.78, 5) is 2.58. The van der Waals surface area contributed by atoms with E-state index in [0.717, 1.165) is 0 Å². The number of nitrogens with zero attached hydrogens (tertiary/aromatic N) is 1. The number of nitrogens with one attached hydrogen (secondary N) is 1. The molecule has 19 heavy (non-hydrogen) atoms. The first-order chi connectivity index (χ1) is 9.27. The SMILES string of the molecule is Brc1cccc(N2CCCNC3(CCCCC3)C2)c1. The monoisotopic (exact) mass is 322 g/mol. The Morgan fingerprint density at radius 2 is 1.95 bits per heavy atom. The van der Waals surface area contributed by atoms with E-state index < -0.39 is 0 Å². The fourth-order valence-corrected chi connectivity index (χ4v) is 3.97. The Morgan fingerprint density at radius 1 is 1.11 bits per heavy atom. The number of hydrogen-bond donors (Lipinski definition) is 1. The van der Waals surface area contributed by atoms with Crippen molar-refractivity contribution in [2.75, 3.05) is 24.5 Å². The molecule has 1 saturated carbocycles. The van der Waals surface area contributed by atoms with Gasteiger partial charge in [0.1, 0.15) is 0 Å². The molecule has 1 aliphatic carbocycles. The van der Waals surface area contributed by atoms with E-state index in [4.69, 9.17) is 0 Å². The number of halogens is 1. The molecule has 0 amide bonds. The highest BCUT2D eigenvalue weighted by Crippen LogP contribution is 2.32. The van der Waals surface area contributed by atoms with Crippen LogP contribution in [0.3, 0.4) is 0 Å². The van der Waals surface area contributed by atoms with Gasteiger partial charge in [-0.1, -0.05) is 41.3 Å². The molecule has 2 fully saturated rings. The van der Waals surface area contributed by atoms with Gasteiger partial charge in [0.2, 0.25) is 0 Å². The van der Waals surface area contributed by atoms with Crippen molar-refractivity contribution in [2.24, 2.45) is 0 Å². The second kappa shape index (κ2) is 5.84. The van der Waals surface area contributed by atoms with Crippen molar-refractivity contribution in [2.45, 2.75) is 44.1 Å². The lowest BCUT2D eigenvalue weighted by Crippen LogP contribution is -2.52. The van der Waals surface area contributed by atoms with Gasteiger partial charge >= 0.3 is 0 Å². The van der Waals surface area contributed by atoms with Gasteiger partial charge in [-0.3, -0.25) is 0 Å². The van der Waals surface area contributed by atoms with Crippen LogP contribution in [-0.4, -0.2) is 25.2 Å². The fraction of sp³-hybridized carbons (Fsp3) is 0.625. The van der Waals surface area contributed by atoms with E-state index in [9.17, 15) is 0 Å². The van der Waals surface area contributed by atoms with Crippen molar-refractivity contribution < 1.29 is 0 Å². The van der Waals surface area contributed by atoms with Crippen LogP contribution in [0.1, 0.15) is 38.5 Å². The van der Waals surface area contributed by atoms with Gasteiger partial charge in [0.25, 0.3) is 0 Å². The van der Waals surface area contributed by atoms with Gasteiger partial charge in [-0.05, 0) is 44.0 Å². The molecule has 3 rings (SSSR count). The topological polar surface area (TPSA) is 15.3 Å². The van der Waals surface area contributed by atoms with E-state index in [-0.39, 0.29) is 0 Å². The van der Waals surface area contributed by atoms with E-state index in [1.165, 1.54) is 68.3 Å². The van der Waals surface area contributed by atoms with E-state index in [0.29, 0.717) is 5.54 Å². The Bertz CT molecular complexity index is 427. The van der Waals surface area contributed by atoms with E-state index in [1.54, 1.807) is 0 Å². The van der Waals surface area contributed by atoms with Crippen LogP contribution in [0.4, 0.5) is 5.69 Å². The molecule has 1 saturated heterocycles. The number of rotatable bonds is 1. The minimum absolute atomic E-state index is 0.372. The molecule has 1 N–H and O–H groups in total. The van der Waals surface area contributed by atoms with Crippen molar-refractivity contribution in [3.63, 3.8) is 0 Å². The molecular weight excluding hydrogens is 300 g/mol. The molecule has 0 aromatic heterocycles. The van der Waals surface area contributed by atoms with Gasteiger partial charge in [-0.15, -0.1) is 0 Å². The van der Waals surface area contributed by atoms with Crippen LogP contribution in [0, 0.1) is 0 Å². The van der Waals surface area contributed by atoms with E-state index in [1.807, 2.05) is 0 Å². The molecule has 1 spiro atoms. The predicted molar refractivity (Wildman–Crippen MR) is 84.8 cm³/mol. The molecule has 3 heteroatoms. The minimum atomic E-state index is 0.372. The average Bonchev–Trinajstić information content (AvgIpc) is 2.63. The first kappa shape index (κ1) is 13.4. The largest absolute Gasteiger partial charge is 0.370 e. The average molecular weight is 323 g/mol. The van der Waals surface area contributed by atoms with Crippen molar-refractivity contribution in [3.8, 4) is 0 Å². The van der Waals surface area contributed by atoms with Crippen molar-refractivity contribution in [1.82, 2.24) is 5.32 Å². The number of anilines is 1. The lowest BCUT2D eigenvalue weighted by Gasteiger charge is -2.40. The Balaban J connectivity index is 1.81. The van der Waals surface area contributed by atoms with Gasteiger partial charge < -0.3 is 10.2 Å². The summed E-state index contributed by atoms with van der Waals surface area (Å²) in [7, 11) is 0. The molecule has 0 atom stereocenters. The summed E-state index contributed by atoms with van der Waals surface area (Å²) in [6, 6.07) is 8.75. The van der Waals surface area contributed by atoms with Crippen molar-refractivity contribution >= 4 is 21.6 Å². The Kier molecular flexibility index (Phi) is 4.13. The molecule has 1 aliphatic heterocycles. The van der Waals surface area contributed by atoms with E-state index >= 15 is 0 Å². The van der Waals surface area contributed by atoms with Crippen LogP contribution in [0.15, 0.2) is 28.7 Å². The molecule has 1 aromatic carbocycles. The third kappa shape index (κ3) is 3.14. The maximum Gasteiger partial charge on any atom is 0.0378 e. The van der Waals surface area contributed by atoms with Crippen LogP contribution in [0.25, 0.3) is 0 Å². The lowest BCUT2D eigenvalue weighted by molar-refractivity contribution is 0.246. The highest BCUT2D eigenvalue weighted by atomic mass is 79.9. The van der Waals surface area contributed by atoms with Gasteiger partial charge in [-0.2, -0.15) is 0 Å². The van der Waals surface area contributed by atoms with Crippen LogP contribution in [0.5, 0.6) is 0 Å². The van der Waals surface area contributed by atoms with Crippen LogP contribution in [-0.2, 0) is 0 Å². The Hall–Kier alpha value is -0.540. The number of benzene rings is 1. The molecular formula is C16H23BrN2. The standard InChI is InChI=1S/C16H23BrN2/c17-14-6-4-7-15(12-14)19-11-5-10-18-16(13-19)8-2-1-3-9-16/h4,6-7,12,18H,1-3,5,8-11,13H2. The minimum Gasteiger partial charge on any atom is -0.370 e. The lowest BCUT2D eigenvalue weighted by atomic mass is 9.81. The first-order valence-electron chi connectivity index (χ1n) is 7.53. The summed E-state index contributed by atoms with van der Waals surface area (Å²) in [6.45, 7) is 3.51. The Labute approximate surface area is 124 Å². The quantitative estimate of drug-likeness (QED) is 0.842. The zero-order valence-corrected chi connectivity index (χ0v) is 13.1. The molecule has 0 radical (unpaired) electrons. The third-order valence-corrected chi connectivity index (χ3v) is 5.08. The van der Waals surface area contributed by atoms with Crippen molar-refractivity contribution in [1.29, 1.82) is 0 Å². The van der Waals surface area contributed by atoms with Gasteiger partial charge in [0.05, 0.1) is 0 Å². The zero-order valence-electron chi connectivity index (χ0n) is 11.5. The Morgan fingerprint density at radius 3 is 2.74 bits per heavy atom. The fourth-order valence-electron chi connectivity index (χ4n) is 3.58. The van der Waals surface area contributed by atoms with Gasteiger partial charge in [-0.25, -0.2) is 0 Å². The first-order valence-corrected chi connectivity index (χ1v) is 8.32. The maximum absolute atomic E-state index is 3.86. The molecule has 104 valence electrons. The molecule has 0 unspecified atom stereocenters. The van der Waals surface area contributed by atoms with Gasteiger partial charge in [0.15, 0.2) is 0 Å². The molecule has 2 aliphatic rings. The molecule has 1 heterocycles. The summed E-state index contributed by atoms with van der Waals surface area (Å²) in [5.41, 5.74) is 1.74.